The Morgan fingerprint density at radius 3 is 2.60 bits per heavy atom. The standard InChI is InChI=1S/C18H17ClN2O4/c1-10-4-3-5-11(2)16(10)21-15(22)8-20-18(23)12-6-13(19)17-14(7-12)24-9-25-17/h3-7H,8-9H2,1-2H3,(H,20,23)(H,21,22). The summed E-state index contributed by atoms with van der Waals surface area (Å²) in [6.45, 7) is 3.74. The van der Waals surface area contributed by atoms with Gasteiger partial charge in [0.1, 0.15) is 0 Å². The summed E-state index contributed by atoms with van der Waals surface area (Å²) in [6, 6.07) is 8.76. The average Bonchev–Trinajstić information content (AvgIpc) is 3.05. The van der Waals surface area contributed by atoms with Crippen LogP contribution in [0.2, 0.25) is 5.02 Å². The van der Waals surface area contributed by atoms with Crippen LogP contribution in [0.5, 0.6) is 11.5 Å². The van der Waals surface area contributed by atoms with Gasteiger partial charge in [-0.15, -0.1) is 0 Å². The van der Waals surface area contributed by atoms with E-state index in [1.807, 2.05) is 32.0 Å². The van der Waals surface area contributed by atoms with Crippen molar-refractivity contribution in [2.75, 3.05) is 18.7 Å². The summed E-state index contributed by atoms with van der Waals surface area (Å²) in [6.07, 6.45) is 0. The monoisotopic (exact) mass is 360 g/mol. The van der Waals surface area contributed by atoms with Crippen molar-refractivity contribution in [3.63, 3.8) is 0 Å². The van der Waals surface area contributed by atoms with Gasteiger partial charge < -0.3 is 20.1 Å². The molecule has 130 valence electrons. The summed E-state index contributed by atoms with van der Waals surface area (Å²) >= 11 is 6.06. The van der Waals surface area contributed by atoms with Gasteiger partial charge in [0.2, 0.25) is 12.7 Å². The first-order valence-corrected chi connectivity index (χ1v) is 8.07. The molecule has 2 aromatic carbocycles. The lowest BCUT2D eigenvalue weighted by atomic mass is 10.1. The Labute approximate surface area is 150 Å². The first kappa shape index (κ1) is 17.1. The Hall–Kier alpha value is -2.73. The number of rotatable bonds is 4. The number of anilines is 1. The maximum Gasteiger partial charge on any atom is 0.251 e. The number of carbonyl (C=O) groups is 2. The molecule has 0 aliphatic carbocycles. The SMILES string of the molecule is Cc1cccc(C)c1NC(=O)CNC(=O)c1cc(Cl)c2c(c1)OCO2. The van der Waals surface area contributed by atoms with E-state index in [2.05, 4.69) is 10.6 Å². The highest BCUT2D eigenvalue weighted by atomic mass is 35.5. The fraction of sp³-hybridized carbons (Fsp3) is 0.222. The van der Waals surface area contributed by atoms with Gasteiger partial charge in [0.05, 0.1) is 11.6 Å². The van der Waals surface area contributed by atoms with Crippen molar-refractivity contribution in [1.82, 2.24) is 5.32 Å². The zero-order chi connectivity index (χ0) is 18.0. The van der Waals surface area contributed by atoms with Crippen molar-refractivity contribution in [1.29, 1.82) is 0 Å². The van der Waals surface area contributed by atoms with E-state index in [1.54, 1.807) is 0 Å². The maximum absolute atomic E-state index is 12.2. The predicted molar refractivity (Wildman–Crippen MR) is 94.5 cm³/mol. The Morgan fingerprint density at radius 1 is 1.16 bits per heavy atom. The largest absolute Gasteiger partial charge is 0.454 e. The molecule has 2 amide bonds. The quantitative estimate of drug-likeness (QED) is 0.878. The third-order valence-electron chi connectivity index (χ3n) is 3.84. The highest BCUT2D eigenvalue weighted by Crippen LogP contribution is 2.39. The van der Waals surface area contributed by atoms with Gasteiger partial charge in [-0.1, -0.05) is 29.8 Å². The topological polar surface area (TPSA) is 76.7 Å². The molecule has 1 aliphatic rings. The molecule has 0 bridgehead atoms. The highest BCUT2D eigenvalue weighted by Gasteiger charge is 2.21. The minimum absolute atomic E-state index is 0.0678. The van der Waals surface area contributed by atoms with Crippen LogP contribution in [-0.4, -0.2) is 25.2 Å². The molecule has 6 nitrogen and oxygen atoms in total. The van der Waals surface area contributed by atoms with Crippen LogP contribution < -0.4 is 20.1 Å². The summed E-state index contributed by atoms with van der Waals surface area (Å²) in [5.74, 6) is 0.109. The molecule has 0 fully saturated rings. The van der Waals surface area contributed by atoms with E-state index < -0.39 is 5.91 Å². The van der Waals surface area contributed by atoms with Crippen molar-refractivity contribution < 1.29 is 19.1 Å². The first-order valence-electron chi connectivity index (χ1n) is 7.69. The minimum Gasteiger partial charge on any atom is -0.454 e. The molecule has 1 heterocycles. The second kappa shape index (κ2) is 7.03. The highest BCUT2D eigenvalue weighted by molar-refractivity contribution is 6.32. The van der Waals surface area contributed by atoms with E-state index >= 15 is 0 Å². The molecule has 1 aliphatic heterocycles. The minimum atomic E-state index is -0.420. The van der Waals surface area contributed by atoms with Crippen molar-refractivity contribution in [2.45, 2.75) is 13.8 Å². The van der Waals surface area contributed by atoms with Crippen LogP contribution >= 0.6 is 11.6 Å². The molecule has 2 N–H and O–H groups in total. The van der Waals surface area contributed by atoms with Crippen LogP contribution in [0.4, 0.5) is 5.69 Å². The molecule has 0 aromatic heterocycles. The van der Waals surface area contributed by atoms with Gasteiger partial charge in [0.15, 0.2) is 11.5 Å². The van der Waals surface area contributed by atoms with Crippen LogP contribution in [-0.2, 0) is 4.79 Å². The number of hydrogen-bond donors (Lipinski definition) is 2. The summed E-state index contributed by atoms with van der Waals surface area (Å²) in [4.78, 5) is 24.4. The van der Waals surface area contributed by atoms with Crippen molar-refractivity contribution >= 4 is 29.1 Å². The van der Waals surface area contributed by atoms with E-state index in [-0.39, 0.29) is 19.2 Å². The lowest BCUT2D eigenvalue weighted by Crippen LogP contribution is -2.33. The van der Waals surface area contributed by atoms with Crippen LogP contribution in [0.1, 0.15) is 21.5 Å². The van der Waals surface area contributed by atoms with E-state index in [9.17, 15) is 9.59 Å². The zero-order valence-electron chi connectivity index (χ0n) is 13.8. The number of benzene rings is 2. The molecule has 7 heteroatoms. The molecule has 3 rings (SSSR count). The average molecular weight is 361 g/mol. The molecule has 2 aromatic rings. The van der Waals surface area contributed by atoms with E-state index in [1.165, 1.54) is 12.1 Å². The first-order chi connectivity index (χ1) is 12.0. The summed E-state index contributed by atoms with van der Waals surface area (Å²) in [7, 11) is 0. The predicted octanol–water partition coefficient (Wildman–Crippen LogP) is 3.05. The summed E-state index contributed by atoms with van der Waals surface area (Å²) < 4.78 is 10.4. The Bertz CT molecular complexity index is 831. The Kier molecular flexibility index (Phi) is 4.81. The maximum atomic E-state index is 12.2. The fourth-order valence-electron chi connectivity index (χ4n) is 2.56. The molecule has 0 radical (unpaired) electrons. The Morgan fingerprint density at radius 2 is 1.88 bits per heavy atom. The molecule has 25 heavy (non-hydrogen) atoms. The molecule has 0 saturated heterocycles. The lowest BCUT2D eigenvalue weighted by Gasteiger charge is -2.12. The smallest absolute Gasteiger partial charge is 0.251 e. The van der Waals surface area contributed by atoms with E-state index in [0.29, 0.717) is 22.1 Å². The molecular weight excluding hydrogens is 344 g/mol. The molecule has 0 spiro atoms. The normalized spacial score (nSPS) is 12.0. The number of amides is 2. The van der Waals surface area contributed by atoms with Gasteiger partial charge in [-0.05, 0) is 37.1 Å². The van der Waals surface area contributed by atoms with Gasteiger partial charge in [0.25, 0.3) is 5.91 Å². The number of fused-ring (bicyclic) bond motifs is 1. The number of para-hydroxylation sites is 1. The van der Waals surface area contributed by atoms with Gasteiger partial charge in [0, 0.05) is 11.3 Å². The third kappa shape index (κ3) is 3.69. The van der Waals surface area contributed by atoms with E-state index in [0.717, 1.165) is 16.8 Å². The second-order valence-corrected chi connectivity index (χ2v) is 6.10. The van der Waals surface area contributed by atoms with E-state index in [4.69, 9.17) is 21.1 Å². The lowest BCUT2D eigenvalue weighted by molar-refractivity contribution is -0.115. The van der Waals surface area contributed by atoms with Crippen molar-refractivity contribution in [3.8, 4) is 11.5 Å². The number of aryl methyl sites for hydroxylation is 2. The van der Waals surface area contributed by atoms with Crippen molar-refractivity contribution in [3.05, 3.63) is 52.0 Å². The van der Waals surface area contributed by atoms with Gasteiger partial charge >= 0.3 is 0 Å². The zero-order valence-corrected chi connectivity index (χ0v) is 14.6. The molecule has 0 saturated carbocycles. The summed E-state index contributed by atoms with van der Waals surface area (Å²) in [5.41, 5.74) is 2.98. The number of nitrogens with one attached hydrogen (secondary N) is 2. The van der Waals surface area contributed by atoms with Crippen LogP contribution in [0.15, 0.2) is 30.3 Å². The number of ether oxygens (including phenoxy) is 2. The second-order valence-electron chi connectivity index (χ2n) is 5.69. The van der Waals surface area contributed by atoms with Gasteiger partial charge in [-0.25, -0.2) is 0 Å². The van der Waals surface area contributed by atoms with Crippen LogP contribution in [0.25, 0.3) is 0 Å². The number of hydrogen-bond acceptors (Lipinski definition) is 4. The number of carbonyl (C=O) groups excluding carboxylic acids is 2. The molecule has 0 unspecified atom stereocenters. The fourth-order valence-corrected chi connectivity index (χ4v) is 2.82. The van der Waals surface area contributed by atoms with Gasteiger partial charge in [-0.2, -0.15) is 0 Å². The third-order valence-corrected chi connectivity index (χ3v) is 4.13. The number of halogens is 1. The molecular formula is C18H17ClN2O4. The Balaban J connectivity index is 1.63. The van der Waals surface area contributed by atoms with Crippen LogP contribution in [0, 0.1) is 13.8 Å². The summed E-state index contributed by atoms with van der Waals surface area (Å²) in [5, 5.41) is 5.68. The van der Waals surface area contributed by atoms with Crippen molar-refractivity contribution in [2.24, 2.45) is 0 Å². The molecule has 0 atom stereocenters. The van der Waals surface area contributed by atoms with Gasteiger partial charge in [-0.3, -0.25) is 9.59 Å². The van der Waals surface area contributed by atoms with Crippen LogP contribution in [0.3, 0.4) is 0 Å².